The lowest BCUT2D eigenvalue weighted by Crippen LogP contribution is -2.49. The van der Waals surface area contributed by atoms with Crippen molar-refractivity contribution in [2.24, 2.45) is 5.41 Å². The van der Waals surface area contributed by atoms with Crippen molar-refractivity contribution in [2.75, 3.05) is 13.1 Å². The lowest BCUT2D eigenvalue weighted by Gasteiger charge is -2.37. The van der Waals surface area contributed by atoms with E-state index in [4.69, 9.17) is 0 Å². The van der Waals surface area contributed by atoms with Gasteiger partial charge in [-0.1, -0.05) is 0 Å². The number of likely N-dealkylation sites (tertiary alicyclic amines) is 1. The first-order chi connectivity index (χ1) is 10.9. The fourth-order valence-electron chi connectivity index (χ4n) is 2.88. The molecule has 3 heterocycles. The molecule has 23 heavy (non-hydrogen) atoms. The highest BCUT2D eigenvalue weighted by Crippen LogP contribution is 2.29. The maximum absolute atomic E-state index is 12.5. The normalized spacial score (nSPS) is 21.5. The molecule has 1 aliphatic heterocycles. The van der Waals surface area contributed by atoms with Gasteiger partial charge < -0.3 is 10.0 Å². The monoisotopic (exact) mass is 335 g/mol. The van der Waals surface area contributed by atoms with Crippen molar-refractivity contribution in [1.29, 1.82) is 0 Å². The average molecular weight is 335 g/mol. The summed E-state index contributed by atoms with van der Waals surface area (Å²) in [6.45, 7) is 2.22. The molecular formula is C15H17N3O4S. The molecule has 1 fully saturated rings. The summed E-state index contributed by atoms with van der Waals surface area (Å²) >= 11 is 1.38. The molecule has 1 atom stereocenters. The van der Waals surface area contributed by atoms with Crippen molar-refractivity contribution in [3.63, 3.8) is 0 Å². The lowest BCUT2D eigenvalue weighted by molar-refractivity contribution is -0.153. The van der Waals surface area contributed by atoms with Crippen molar-refractivity contribution < 1.29 is 14.7 Å². The van der Waals surface area contributed by atoms with Gasteiger partial charge in [-0.2, -0.15) is 0 Å². The molecule has 0 aromatic carbocycles. The Kier molecular flexibility index (Phi) is 3.93. The fourth-order valence-corrected chi connectivity index (χ4v) is 3.60. The number of carbonyl (C=O) groups excluding carboxylic acids is 1. The number of piperidine rings is 1. The minimum absolute atomic E-state index is 0.118. The van der Waals surface area contributed by atoms with Gasteiger partial charge in [0, 0.05) is 13.1 Å². The zero-order valence-electron chi connectivity index (χ0n) is 12.7. The fraction of sp³-hybridized carbons (Fsp3) is 0.467. The van der Waals surface area contributed by atoms with Crippen LogP contribution in [0.2, 0.25) is 0 Å². The van der Waals surface area contributed by atoms with Gasteiger partial charge in [0.05, 0.1) is 17.1 Å². The molecule has 0 saturated carbocycles. The summed E-state index contributed by atoms with van der Waals surface area (Å²) in [7, 11) is 0. The smallest absolute Gasteiger partial charge is 0.311 e. The third-order valence-corrected chi connectivity index (χ3v) is 5.14. The first-order valence-electron chi connectivity index (χ1n) is 7.34. The maximum Gasteiger partial charge on any atom is 0.311 e. The van der Waals surface area contributed by atoms with Gasteiger partial charge in [0.25, 0.3) is 5.56 Å². The lowest BCUT2D eigenvalue weighted by atomic mass is 9.82. The Morgan fingerprint density at radius 3 is 3.00 bits per heavy atom. The number of aromatic nitrogens is 2. The third-order valence-electron chi connectivity index (χ3n) is 4.32. The first kappa shape index (κ1) is 15.7. The number of aliphatic carboxylic acids is 1. The molecule has 2 aromatic heterocycles. The van der Waals surface area contributed by atoms with Crippen LogP contribution >= 0.6 is 11.3 Å². The van der Waals surface area contributed by atoms with Crippen molar-refractivity contribution >= 4 is 33.4 Å². The molecule has 3 rings (SSSR count). The second-order valence-electron chi connectivity index (χ2n) is 6.10. The van der Waals surface area contributed by atoms with Gasteiger partial charge in [0.2, 0.25) is 5.91 Å². The van der Waals surface area contributed by atoms with Gasteiger partial charge in [0.1, 0.15) is 11.4 Å². The molecule has 1 amide bonds. The molecule has 1 aliphatic rings. The van der Waals surface area contributed by atoms with E-state index in [2.05, 4.69) is 4.98 Å². The van der Waals surface area contributed by atoms with Crippen LogP contribution in [-0.2, 0) is 16.1 Å². The summed E-state index contributed by atoms with van der Waals surface area (Å²) in [6, 6.07) is 1.69. The number of hydrogen-bond donors (Lipinski definition) is 1. The highest BCUT2D eigenvalue weighted by atomic mass is 32.1. The quantitative estimate of drug-likeness (QED) is 0.909. The number of rotatable bonds is 3. The summed E-state index contributed by atoms with van der Waals surface area (Å²) in [4.78, 5) is 42.5. The summed E-state index contributed by atoms with van der Waals surface area (Å²) in [6.07, 6.45) is 2.57. The van der Waals surface area contributed by atoms with E-state index in [1.165, 1.54) is 27.1 Å². The largest absolute Gasteiger partial charge is 0.481 e. The summed E-state index contributed by atoms with van der Waals surface area (Å²) in [5.74, 6) is -1.15. The van der Waals surface area contributed by atoms with E-state index in [0.29, 0.717) is 29.6 Å². The van der Waals surface area contributed by atoms with Crippen LogP contribution in [0.15, 0.2) is 22.6 Å². The minimum atomic E-state index is -0.922. The number of carbonyl (C=O) groups is 2. The minimum Gasteiger partial charge on any atom is -0.481 e. The molecule has 1 saturated heterocycles. The van der Waals surface area contributed by atoms with Crippen LogP contribution in [-0.4, -0.2) is 44.5 Å². The van der Waals surface area contributed by atoms with Crippen molar-refractivity contribution in [2.45, 2.75) is 26.3 Å². The van der Waals surface area contributed by atoms with E-state index in [0.717, 1.165) is 0 Å². The zero-order valence-corrected chi connectivity index (χ0v) is 13.5. The average Bonchev–Trinajstić information content (AvgIpc) is 2.99. The number of fused-ring (bicyclic) bond motifs is 1. The van der Waals surface area contributed by atoms with Crippen LogP contribution in [0.1, 0.15) is 19.8 Å². The molecule has 0 bridgehead atoms. The highest BCUT2D eigenvalue weighted by molar-refractivity contribution is 7.16. The van der Waals surface area contributed by atoms with E-state index < -0.39 is 11.4 Å². The Morgan fingerprint density at radius 1 is 1.48 bits per heavy atom. The zero-order chi connectivity index (χ0) is 16.6. The van der Waals surface area contributed by atoms with Gasteiger partial charge in [0.15, 0.2) is 0 Å². The van der Waals surface area contributed by atoms with Crippen molar-refractivity contribution in [3.05, 3.63) is 28.1 Å². The molecular weight excluding hydrogens is 318 g/mol. The number of thiophene rings is 1. The molecule has 1 unspecified atom stereocenters. The number of hydrogen-bond acceptors (Lipinski definition) is 5. The Morgan fingerprint density at radius 2 is 2.26 bits per heavy atom. The van der Waals surface area contributed by atoms with E-state index in [9.17, 15) is 19.5 Å². The maximum atomic E-state index is 12.5. The van der Waals surface area contributed by atoms with Crippen LogP contribution in [0.5, 0.6) is 0 Å². The number of carboxylic acid groups (broad SMARTS) is 1. The predicted octanol–water partition coefficient (Wildman–Crippen LogP) is 1.17. The van der Waals surface area contributed by atoms with E-state index >= 15 is 0 Å². The Bertz CT molecular complexity index is 827. The summed E-state index contributed by atoms with van der Waals surface area (Å²) < 4.78 is 1.28. The molecule has 0 spiro atoms. The highest BCUT2D eigenvalue weighted by Gasteiger charge is 2.39. The standard InChI is InChI=1S/C15H17N3O4S/c1-15(14(21)22)4-2-5-17(8-15)11(19)7-18-9-16-12-10(13(18)20)3-6-23-12/h3,6,9H,2,4-5,7-8H2,1H3,(H,21,22). The van der Waals surface area contributed by atoms with Crippen molar-refractivity contribution in [3.8, 4) is 0 Å². The molecule has 8 heteroatoms. The molecule has 0 aliphatic carbocycles. The van der Waals surface area contributed by atoms with Gasteiger partial charge in [-0.3, -0.25) is 19.0 Å². The number of nitrogens with zero attached hydrogens (tertiary/aromatic N) is 3. The Hall–Kier alpha value is -2.22. The van der Waals surface area contributed by atoms with Crippen LogP contribution < -0.4 is 5.56 Å². The molecule has 122 valence electrons. The topological polar surface area (TPSA) is 92.5 Å². The molecule has 2 aromatic rings. The van der Waals surface area contributed by atoms with E-state index in [1.54, 1.807) is 18.4 Å². The van der Waals surface area contributed by atoms with Crippen LogP contribution in [0.25, 0.3) is 10.2 Å². The van der Waals surface area contributed by atoms with Crippen LogP contribution in [0.3, 0.4) is 0 Å². The first-order valence-corrected chi connectivity index (χ1v) is 8.22. The van der Waals surface area contributed by atoms with E-state index in [1.807, 2.05) is 0 Å². The molecule has 7 nitrogen and oxygen atoms in total. The Balaban J connectivity index is 1.79. The molecule has 1 N–H and O–H groups in total. The second kappa shape index (κ2) is 5.77. The van der Waals surface area contributed by atoms with Crippen molar-refractivity contribution in [1.82, 2.24) is 14.5 Å². The van der Waals surface area contributed by atoms with Crippen LogP contribution in [0.4, 0.5) is 0 Å². The van der Waals surface area contributed by atoms with Crippen LogP contribution in [0, 0.1) is 5.41 Å². The predicted molar refractivity (Wildman–Crippen MR) is 85.4 cm³/mol. The number of carboxylic acids is 1. The van der Waals surface area contributed by atoms with Gasteiger partial charge in [-0.25, -0.2) is 4.98 Å². The summed E-state index contributed by atoms with van der Waals surface area (Å²) in [5, 5.41) is 11.6. The Labute approximate surface area is 136 Å². The van der Waals surface area contributed by atoms with Gasteiger partial charge >= 0.3 is 5.97 Å². The number of amides is 1. The van der Waals surface area contributed by atoms with Gasteiger partial charge in [-0.15, -0.1) is 11.3 Å². The third kappa shape index (κ3) is 2.86. The summed E-state index contributed by atoms with van der Waals surface area (Å²) in [5.41, 5.74) is -1.17. The SMILES string of the molecule is CC1(C(=O)O)CCCN(C(=O)Cn2cnc3sccc3c2=O)C1. The molecule has 0 radical (unpaired) electrons. The second-order valence-corrected chi connectivity index (χ2v) is 7.00. The van der Waals surface area contributed by atoms with E-state index in [-0.39, 0.29) is 24.6 Å². The van der Waals surface area contributed by atoms with Gasteiger partial charge in [-0.05, 0) is 31.2 Å².